The number of urea groups is 1. The highest BCUT2D eigenvalue weighted by Crippen LogP contribution is 2.19. The molecule has 1 atom stereocenters. The van der Waals surface area contributed by atoms with E-state index in [0.717, 1.165) is 5.56 Å². The van der Waals surface area contributed by atoms with Crippen LogP contribution in [0, 0.1) is 6.92 Å². The molecule has 0 fully saturated rings. The number of benzene rings is 1. The summed E-state index contributed by atoms with van der Waals surface area (Å²) in [5.74, 6) is -0.712. The predicted octanol–water partition coefficient (Wildman–Crippen LogP) is 3.14. The van der Waals surface area contributed by atoms with Gasteiger partial charge in [0.25, 0.3) is 0 Å². The lowest BCUT2D eigenvalue weighted by Crippen LogP contribution is -2.39. The van der Waals surface area contributed by atoms with Gasteiger partial charge < -0.3 is 5.32 Å². The third-order valence-electron chi connectivity index (χ3n) is 2.07. The Balaban J connectivity index is 2.59. The van der Waals surface area contributed by atoms with E-state index in [4.69, 9.17) is 34.8 Å². The van der Waals surface area contributed by atoms with Crippen molar-refractivity contribution in [2.45, 2.75) is 12.3 Å². The van der Waals surface area contributed by atoms with Crippen LogP contribution >= 0.6 is 34.8 Å². The van der Waals surface area contributed by atoms with Gasteiger partial charge in [0, 0.05) is 16.6 Å². The molecule has 0 aromatic heterocycles. The second kappa shape index (κ2) is 6.83. The number of hydrogen-bond acceptors (Lipinski definition) is 2. The molecule has 0 bridgehead atoms. The van der Waals surface area contributed by atoms with Crippen LogP contribution in [-0.2, 0) is 4.79 Å². The maximum Gasteiger partial charge on any atom is 0.325 e. The number of rotatable bonds is 3. The average Bonchev–Trinajstić information content (AvgIpc) is 2.32. The van der Waals surface area contributed by atoms with Gasteiger partial charge in [-0.15, -0.1) is 23.2 Å². The smallest absolute Gasteiger partial charge is 0.308 e. The molecule has 0 saturated carbocycles. The number of halogens is 3. The molecule has 0 aliphatic heterocycles. The maximum absolute atomic E-state index is 11.5. The molecule has 98 valence electrons. The van der Waals surface area contributed by atoms with Gasteiger partial charge in [-0.05, 0) is 30.7 Å². The van der Waals surface area contributed by atoms with E-state index < -0.39 is 17.3 Å². The first-order chi connectivity index (χ1) is 8.43. The van der Waals surface area contributed by atoms with Gasteiger partial charge in [-0.25, -0.2) is 4.79 Å². The van der Waals surface area contributed by atoms with Crippen LogP contribution in [0.15, 0.2) is 18.2 Å². The molecule has 0 aliphatic carbocycles. The fraction of sp³-hybridized carbons (Fsp3) is 0.273. The highest BCUT2D eigenvalue weighted by atomic mass is 35.5. The van der Waals surface area contributed by atoms with E-state index in [1.165, 1.54) is 0 Å². The largest absolute Gasteiger partial charge is 0.325 e. The zero-order chi connectivity index (χ0) is 13.7. The molecule has 1 unspecified atom stereocenters. The summed E-state index contributed by atoms with van der Waals surface area (Å²) in [4.78, 5) is 22.7. The summed E-state index contributed by atoms with van der Waals surface area (Å²) in [5.41, 5.74) is 1.34. The highest BCUT2D eigenvalue weighted by molar-refractivity contribution is 6.37. The van der Waals surface area contributed by atoms with Crippen LogP contribution in [0.2, 0.25) is 5.02 Å². The third kappa shape index (κ3) is 4.37. The lowest BCUT2D eigenvalue weighted by Gasteiger charge is -2.09. The Bertz CT molecular complexity index is 466. The Hall–Kier alpha value is -0.970. The molecule has 4 nitrogen and oxygen atoms in total. The van der Waals surface area contributed by atoms with Crippen molar-refractivity contribution in [2.75, 3.05) is 11.2 Å². The number of nitrogens with one attached hydrogen (secondary N) is 2. The second-order valence-electron chi connectivity index (χ2n) is 3.53. The summed E-state index contributed by atoms with van der Waals surface area (Å²) in [6, 6.07) is 4.29. The molecule has 7 heteroatoms. The van der Waals surface area contributed by atoms with Gasteiger partial charge >= 0.3 is 6.03 Å². The number of carbonyl (C=O) groups is 2. The van der Waals surface area contributed by atoms with Crippen LogP contribution in [0.5, 0.6) is 0 Å². The minimum absolute atomic E-state index is 0.0687. The number of hydrogen-bond donors (Lipinski definition) is 2. The van der Waals surface area contributed by atoms with Crippen LogP contribution < -0.4 is 10.6 Å². The molecule has 0 aliphatic rings. The standard InChI is InChI=1S/C11H11Cl3N2O2/c1-6-4-7(2-3-8(6)13)15-11(18)16-10(17)9(14)5-12/h2-4,9H,5H2,1H3,(H2,15,16,17,18). The van der Waals surface area contributed by atoms with E-state index in [2.05, 4.69) is 10.6 Å². The van der Waals surface area contributed by atoms with Crippen molar-refractivity contribution in [1.29, 1.82) is 0 Å². The average molecular weight is 310 g/mol. The number of anilines is 1. The topological polar surface area (TPSA) is 58.2 Å². The second-order valence-corrected chi connectivity index (χ2v) is 4.77. The van der Waals surface area contributed by atoms with Crippen LogP contribution in [-0.4, -0.2) is 23.2 Å². The van der Waals surface area contributed by atoms with Crippen LogP contribution in [0.1, 0.15) is 5.56 Å². The molecule has 18 heavy (non-hydrogen) atoms. The van der Waals surface area contributed by atoms with E-state index in [1.54, 1.807) is 25.1 Å². The summed E-state index contributed by atoms with van der Waals surface area (Å²) < 4.78 is 0. The zero-order valence-electron chi connectivity index (χ0n) is 9.47. The Morgan fingerprint density at radius 1 is 1.39 bits per heavy atom. The van der Waals surface area contributed by atoms with Gasteiger partial charge in [0.1, 0.15) is 5.38 Å². The number of amides is 3. The first kappa shape index (κ1) is 15.1. The van der Waals surface area contributed by atoms with Gasteiger partial charge in [0.15, 0.2) is 0 Å². The van der Waals surface area contributed by atoms with Gasteiger partial charge in [-0.3, -0.25) is 10.1 Å². The summed E-state index contributed by atoms with van der Waals surface area (Å²) in [6.45, 7) is 1.80. The van der Waals surface area contributed by atoms with E-state index in [1.807, 2.05) is 0 Å². The number of imide groups is 1. The maximum atomic E-state index is 11.5. The molecule has 0 saturated heterocycles. The van der Waals surface area contributed by atoms with E-state index >= 15 is 0 Å². The fourth-order valence-corrected chi connectivity index (χ4v) is 1.46. The van der Waals surface area contributed by atoms with E-state index in [-0.39, 0.29) is 5.88 Å². The van der Waals surface area contributed by atoms with Crippen molar-refractivity contribution in [3.05, 3.63) is 28.8 Å². The lowest BCUT2D eigenvalue weighted by atomic mass is 10.2. The van der Waals surface area contributed by atoms with Crippen LogP contribution in [0.3, 0.4) is 0 Å². The fourth-order valence-electron chi connectivity index (χ4n) is 1.15. The molecular formula is C11H11Cl3N2O2. The molecule has 0 radical (unpaired) electrons. The molecule has 0 spiro atoms. The number of alkyl halides is 2. The van der Waals surface area contributed by atoms with Crippen LogP contribution in [0.4, 0.5) is 10.5 Å². The normalized spacial score (nSPS) is 11.8. The number of carbonyl (C=O) groups excluding carboxylic acids is 2. The third-order valence-corrected chi connectivity index (χ3v) is 3.32. The summed E-state index contributed by atoms with van der Waals surface area (Å²) in [6.07, 6.45) is 0. The van der Waals surface area contributed by atoms with E-state index in [0.29, 0.717) is 10.7 Å². The molecule has 3 amide bonds. The Morgan fingerprint density at radius 2 is 2.06 bits per heavy atom. The van der Waals surface area contributed by atoms with E-state index in [9.17, 15) is 9.59 Å². The SMILES string of the molecule is Cc1cc(NC(=O)NC(=O)C(Cl)CCl)ccc1Cl. The molecule has 1 rings (SSSR count). The number of aryl methyl sites for hydroxylation is 1. The highest BCUT2D eigenvalue weighted by Gasteiger charge is 2.16. The predicted molar refractivity (Wildman–Crippen MR) is 73.7 cm³/mol. The minimum Gasteiger partial charge on any atom is -0.308 e. The van der Waals surface area contributed by atoms with Crippen LogP contribution in [0.25, 0.3) is 0 Å². The van der Waals surface area contributed by atoms with Crippen molar-refractivity contribution in [3.8, 4) is 0 Å². The molecule has 1 aromatic carbocycles. The quantitative estimate of drug-likeness (QED) is 0.843. The summed E-state index contributed by atoms with van der Waals surface area (Å²) in [7, 11) is 0. The van der Waals surface area contributed by atoms with Crippen molar-refractivity contribution in [1.82, 2.24) is 5.32 Å². The first-order valence-corrected chi connectivity index (χ1v) is 6.37. The molecular weight excluding hydrogens is 298 g/mol. The zero-order valence-corrected chi connectivity index (χ0v) is 11.7. The van der Waals surface area contributed by atoms with Gasteiger partial charge in [0.2, 0.25) is 5.91 Å². The minimum atomic E-state index is -0.940. The van der Waals surface area contributed by atoms with Crippen molar-refractivity contribution in [2.24, 2.45) is 0 Å². The monoisotopic (exact) mass is 308 g/mol. The Morgan fingerprint density at radius 3 is 2.61 bits per heavy atom. The van der Waals surface area contributed by atoms with Crippen molar-refractivity contribution < 1.29 is 9.59 Å². The summed E-state index contributed by atoms with van der Waals surface area (Å²) >= 11 is 16.8. The Kier molecular flexibility index (Phi) is 5.72. The lowest BCUT2D eigenvalue weighted by molar-refractivity contribution is -0.119. The van der Waals surface area contributed by atoms with Gasteiger partial charge in [-0.1, -0.05) is 11.6 Å². The van der Waals surface area contributed by atoms with Crippen molar-refractivity contribution >= 4 is 52.4 Å². The van der Waals surface area contributed by atoms with Gasteiger partial charge in [-0.2, -0.15) is 0 Å². The summed E-state index contributed by atoms with van der Waals surface area (Å²) in [5, 5.41) is 4.22. The molecule has 2 N–H and O–H groups in total. The van der Waals surface area contributed by atoms with Crippen molar-refractivity contribution in [3.63, 3.8) is 0 Å². The first-order valence-electron chi connectivity index (χ1n) is 5.02. The Labute approximate surface area is 120 Å². The van der Waals surface area contributed by atoms with Gasteiger partial charge in [0.05, 0.1) is 0 Å². The molecule has 0 heterocycles. The molecule has 1 aromatic rings.